The molecule has 1 saturated heterocycles. The molecule has 0 spiro atoms. The van der Waals surface area contributed by atoms with Crippen LogP contribution in [0.5, 0.6) is 0 Å². The van der Waals surface area contributed by atoms with E-state index in [2.05, 4.69) is 25.1 Å². The van der Waals surface area contributed by atoms with E-state index < -0.39 is 0 Å². The molecule has 136 valence electrons. The van der Waals surface area contributed by atoms with E-state index in [1.165, 1.54) is 10.5 Å². The number of benzene rings is 2. The summed E-state index contributed by atoms with van der Waals surface area (Å²) in [6, 6.07) is 18.8. The van der Waals surface area contributed by atoms with Crippen LogP contribution < -0.4 is 4.90 Å². The third-order valence-electron chi connectivity index (χ3n) is 6.31. The molecule has 28 heavy (non-hydrogen) atoms. The quantitative estimate of drug-likeness (QED) is 0.597. The van der Waals surface area contributed by atoms with Gasteiger partial charge in [0.1, 0.15) is 0 Å². The van der Waals surface area contributed by atoms with E-state index in [0.29, 0.717) is 11.3 Å². The zero-order valence-corrected chi connectivity index (χ0v) is 15.4. The van der Waals surface area contributed by atoms with Crippen molar-refractivity contribution in [2.45, 2.75) is 6.92 Å². The summed E-state index contributed by atoms with van der Waals surface area (Å²) in [5, 5.41) is 9.01. The van der Waals surface area contributed by atoms with Crippen molar-refractivity contribution < 1.29 is 9.59 Å². The maximum absolute atomic E-state index is 13.2. The Morgan fingerprint density at radius 2 is 1.46 bits per heavy atom. The molecule has 1 heterocycles. The Morgan fingerprint density at radius 1 is 0.893 bits per heavy atom. The van der Waals surface area contributed by atoms with Crippen LogP contribution in [0, 0.1) is 35.0 Å². The van der Waals surface area contributed by atoms with Crippen molar-refractivity contribution in [3.63, 3.8) is 0 Å². The molecule has 0 radical (unpaired) electrons. The molecule has 4 atom stereocenters. The second-order valence-corrected chi connectivity index (χ2v) is 7.60. The molecule has 1 aliphatic heterocycles. The average Bonchev–Trinajstić information content (AvgIpc) is 3.37. The van der Waals surface area contributed by atoms with Gasteiger partial charge in [0.25, 0.3) is 0 Å². The molecule has 2 bridgehead atoms. The summed E-state index contributed by atoms with van der Waals surface area (Å²) < 4.78 is 0. The molecule has 3 aliphatic rings. The number of rotatable bonds is 2. The smallest absolute Gasteiger partial charge is 0.238 e. The summed E-state index contributed by atoms with van der Waals surface area (Å²) >= 11 is 0. The lowest BCUT2D eigenvalue weighted by molar-refractivity contribution is -0.122. The number of para-hydroxylation sites is 1. The number of allylic oxidation sites excluding steroid dienone is 4. The van der Waals surface area contributed by atoms with Crippen LogP contribution in [0.15, 0.2) is 72.3 Å². The molecule has 0 N–H and O–H groups in total. The first-order valence-corrected chi connectivity index (χ1v) is 9.44. The molecular weight excluding hydrogens is 348 g/mol. The summed E-state index contributed by atoms with van der Waals surface area (Å²) in [6.45, 7) is 2.05. The Morgan fingerprint density at radius 3 is 2.00 bits per heavy atom. The maximum atomic E-state index is 13.2. The zero-order chi connectivity index (χ0) is 19.4. The molecule has 2 aromatic carbocycles. The monoisotopic (exact) mass is 366 g/mol. The van der Waals surface area contributed by atoms with Crippen LogP contribution in [0.2, 0.25) is 0 Å². The minimum atomic E-state index is -0.314. The van der Waals surface area contributed by atoms with E-state index in [1.54, 1.807) is 12.1 Å². The van der Waals surface area contributed by atoms with Crippen molar-refractivity contribution in [2.75, 3.05) is 4.90 Å². The minimum absolute atomic E-state index is 0.0317. The van der Waals surface area contributed by atoms with Gasteiger partial charge < -0.3 is 0 Å². The molecule has 5 rings (SSSR count). The van der Waals surface area contributed by atoms with Gasteiger partial charge in [-0.1, -0.05) is 48.1 Å². The van der Waals surface area contributed by atoms with Crippen molar-refractivity contribution in [3.8, 4) is 6.07 Å². The Bertz CT molecular complexity index is 1060. The molecule has 1 saturated carbocycles. The molecule has 2 aliphatic carbocycles. The highest BCUT2D eigenvalue weighted by Crippen LogP contribution is 2.58. The number of carbonyl (C=O) groups excluding carboxylic acids is 2. The van der Waals surface area contributed by atoms with E-state index in [9.17, 15) is 9.59 Å². The van der Waals surface area contributed by atoms with Crippen LogP contribution >= 0.6 is 0 Å². The van der Waals surface area contributed by atoms with Crippen LogP contribution in [0.3, 0.4) is 0 Å². The lowest BCUT2D eigenvalue weighted by Gasteiger charge is -2.20. The first-order chi connectivity index (χ1) is 13.6. The van der Waals surface area contributed by atoms with Crippen molar-refractivity contribution in [1.82, 2.24) is 0 Å². The fourth-order valence-electron chi connectivity index (χ4n) is 5.06. The van der Waals surface area contributed by atoms with Crippen molar-refractivity contribution in [1.29, 1.82) is 5.26 Å². The average molecular weight is 366 g/mol. The highest BCUT2D eigenvalue weighted by Gasteiger charge is 2.62. The highest BCUT2D eigenvalue weighted by atomic mass is 16.2. The molecule has 2 aromatic rings. The van der Waals surface area contributed by atoms with Gasteiger partial charge in [0.05, 0.1) is 29.2 Å². The SMILES string of the molecule is CC(=C1[C@H]2C=C[C@@H]1[C@@H]1C(=O)N(c3ccccc3)C(=O)[C@@H]12)c1ccc(C#N)cc1. The number of fused-ring (bicyclic) bond motifs is 5. The second-order valence-electron chi connectivity index (χ2n) is 7.60. The maximum Gasteiger partial charge on any atom is 0.238 e. The summed E-state index contributed by atoms with van der Waals surface area (Å²) in [4.78, 5) is 27.7. The topological polar surface area (TPSA) is 61.2 Å². The fraction of sp³-hybridized carbons (Fsp3) is 0.208. The largest absolute Gasteiger partial charge is 0.274 e. The summed E-state index contributed by atoms with van der Waals surface area (Å²) in [6.07, 6.45) is 4.18. The number of hydrogen-bond donors (Lipinski definition) is 0. The van der Waals surface area contributed by atoms with Gasteiger partial charge in [-0.3, -0.25) is 9.59 Å². The van der Waals surface area contributed by atoms with Gasteiger partial charge in [-0.25, -0.2) is 4.90 Å². The number of imide groups is 1. The lowest BCUT2D eigenvalue weighted by Crippen LogP contribution is -2.33. The third kappa shape index (κ3) is 2.16. The summed E-state index contributed by atoms with van der Waals surface area (Å²) in [5.41, 5.74) is 4.59. The number of carbonyl (C=O) groups is 2. The number of amides is 2. The first kappa shape index (κ1) is 16.7. The fourth-order valence-corrected chi connectivity index (χ4v) is 5.06. The van der Waals surface area contributed by atoms with E-state index >= 15 is 0 Å². The predicted molar refractivity (Wildman–Crippen MR) is 106 cm³/mol. The van der Waals surface area contributed by atoms with E-state index in [4.69, 9.17) is 5.26 Å². The molecular formula is C24H18N2O2. The van der Waals surface area contributed by atoms with Crippen molar-refractivity contribution in [3.05, 3.63) is 83.4 Å². The zero-order valence-electron chi connectivity index (χ0n) is 15.4. The molecule has 0 aromatic heterocycles. The molecule has 2 amide bonds. The third-order valence-corrected chi connectivity index (χ3v) is 6.31. The number of hydrogen-bond acceptors (Lipinski definition) is 3. The number of nitrogens with zero attached hydrogens (tertiary/aromatic N) is 2. The Kier molecular flexibility index (Phi) is 3.60. The predicted octanol–water partition coefficient (Wildman–Crippen LogP) is 3.95. The molecule has 4 nitrogen and oxygen atoms in total. The van der Waals surface area contributed by atoms with Gasteiger partial charge >= 0.3 is 0 Å². The molecule has 4 heteroatoms. The minimum Gasteiger partial charge on any atom is -0.274 e. The van der Waals surface area contributed by atoms with Crippen LogP contribution in [-0.2, 0) is 9.59 Å². The van der Waals surface area contributed by atoms with Gasteiger partial charge in [-0.2, -0.15) is 5.26 Å². The van der Waals surface area contributed by atoms with Crippen molar-refractivity contribution in [2.24, 2.45) is 23.7 Å². The highest BCUT2D eigenvalue weighted by molar-refractivity contribution is 6.23. The van der Waals surface area contributed by atoms with E-state index in [-0.39, 0.29) is 35.5 Å². The van der Waals surface area contributed by atoms with Gasteiger partial charge in [0.2, 0.25) is 11.8 Å². The summed E-state index contributed by atoms with van der Waals surface area (Å²) in [5.74, 6) is -0.880. The van der Waals surface area contributed by atoms with Crippen LogP contribution in [0.4, 0.5) is 5.69 Å². The Hall–Kier alpha value is -3.45. The van der Waals surface area contributed by atoms with Crippen LogP contribution in [0.1, 0.15) is 18.1 Å². The lowest BCUT2D eigenvalue weighted by atomic mass is 9.85. The van der Waals surface area contributed by atoms with E-state index in [0.717, 1.165) is 11.1 Å². The van der Waals surface area contributed by atoms with Gasteiger partial charge in [-0.15, -0.1) is 0 Å². The second kappa shape index (κ2) is 6.03. The van der Waals surface area contributed by atoms with Crippen LogP contribution in [-0.4, -0.2) is 11.8 Å². The molecule has 0 unspecified atom stereocenters. The van der Waals surface area contributed by atoms with E-state index in [1.807, 2.05) is 42.5 Å². The normalized spacial score (nSPS) is 29.2. The van der Waals surface area contributed by atoms with Crippen molar-refractivity contribution >= 4 is 23.1 Å². The van der Waals surface area contributed by atoms with Crippen LogP contribution in [0.25, 0.3) is 5.57 Å². The van der Waals surface area contributed by atoms with Gasteiger partial charge in [0, 0.05) is 11.8 Å². The number of anilines is 1. The van der Waals surface area contributed by atoms with Gasteiger partial charge in [0.15, 0.2) is 0 Å². The van der Waals surface area contributed by atoms with Gasteiger partial charge in [-0.05, 0) is 42.3 Å². The first-order valence-electron chi connectivity index (χ1n) is 9.44. The number of nitriles is 1. The Labute approximate surface area is 163 Å². The molecule has 2 fully saturated rings. The Balaban J connectivity index is 1.54. The standard InChI is InChI=1S/C24H18N2O2/c1-14(16-9-7-15(13-25)8-10-16)20-18-11-12-19(20)22-21(18)23(27)26(24(22)28)17-5-3-2-4-6-17/h2-12,18-19,21-22H,1H3/t18-,19+,21-,22+. The summed E-state index contributed by atoms with van der Waals surface area (Å²) in [7, 11) is 0.